The van der Waals surface area contributed by atoms with Crippen LogP contribution < -0.4 is 11.1 Å². The molecule has 0 aromatic carbocycles. The molecular formula is C17H19N5O5S2. The van der Waals surface area contributed by atoms with Crippen molar-refractivity contribution >= 4 is 51.7 Å². The van der Waals surface area contributed by atoms with E-state index in [2.05, 4.69) is 22.0 Å². The number of aromatic nitrogens is 1. The number of nitrogen functional groups attached to an aromatic ring is 1. The molecule has 1 fully saturated rings. The van der Waals surface area contributed by atoms with Gasteiger partial charge < -0.3 is 20.6 Å². The number of nitrogens with one attached hydrogen (secondary N) is 1. The van der Waals surface area contributed by atoms with Crippen LogP contribution in [0.2, 0.25) is 0 Å². The largest absolute Gasteiger partial charge is 0.454 e. The Kier molecular flexibility index (Phi) is 6.23. The maximum Gasteiger partial charge on any atom is 0.355 e. The first-order chi connectivity index (χ1) is 13.9. The van der Waals surface area contributed by atoms with Gasteiger partial charge in [0, 0.05) is 11.1 Å². The van der Waals surface area contributed by atoms with E-state index in [9.17, 15) is 14.4 Å². The van der Waals surface area contributed by atoms with E-state index in [4.69, 9.17) is 15.3 Å². The van der Waals surface area contributed by atoms with Gasteiger partial charge in [0.15, 0.2) is 10.8 Å². The molecule has 3 rings (SSSR count). The Morgan fingerprint density at radius 1 is 1.55 bits per heavy atom. The maximum absolute atomic E-state index is 12.7. The Labute approximate surface area is 174 Å². The van der Waals surface area contributed by atoms with Crippen molar-refractivity contribution < 1.29 is 24.0 Å². The second-order valence-corrected chi connectivity index (χ2v) is 8.05. The van der Waals surface area contributed by atoms with Gasteiger partial charge in [0.05, 0.1) is 0 Å². The molecule has 10 nitrogen and oxygen atoms in total. The second kappa shape index (κ2) is 8.66. The number of hydrogen-bond acceptors (Lipinski definition) is 10. The van der Waals surface area contributed by atoms with E-state index in [0.29, 0.717) is 5.75 Å². The Hall–Kier alpha value is -2.86. The average Bonchev–Trinajstić information content (AvgIpc) is 3.14. The van der Waals surface area contributed by atoms with Gasteiger partial charge in [-0.1, -0.05) is 17.8 Å². The number of thioether (sulfide) groups is 1. The van der Waals surface area contributed by atoms with Gasteiger partial charge in [-0.2, -0.15) is 0 Å². The quantitative estimate of drug-likeness (QED) is 0.207. The SMILES string of the molecule is C=CC(C)OC(=O)C1=CCS[C@H]2C(NC(=O)C(=NOC)c3csc(N)n3)C(=O)N12. The van der Waals surface area contributed by atoms with Crippen LogP contribution in [0.4, 0.5) is 5.13 Å². The Morgan fingerprint density at radius 3 is 2.93 bits per heavy atom. The number of anilines is 1. The zero-order valence-electron chi connectivity index (χ0n) is 15.7. The molecule has 2 unspecified atom stereocenters. The molecule has 0 saturated carbocycles. The summed E-state index contributed by atoms with van der Waals surface area (Å²) >= 11 is 2.57. The summed E-state index contributed by atoms with van der Waals surface area (Å²) in [4.78, 5) is 47.7. The van der Waals surface area contributed by atoms with Crippen LogP contribution in [0.3, 0.4) is 0 Å². The van der Waals surface area contributed by atoms with Gasteiger partial charge in [-0.15, -0.1) is 23.1 Å². The van der Waals surface area contributed by atoms with Crippen LogP contribution in [0.25, 0.3) is 0 Å². The predicted molar refractivity (Wildman–Crippen MR) is 109 cm³/mol. The van der Waals surface area contributed by atoms with Crippen LogP contribution in [-0.2, 0) is 24.0 Å². The zero-order valence-corrected chi connectivity index (χ0v) is 17.3. The molecule has 0 aliphatic carbocycles. The monoisotopic (exact) mass is 437 g/mol. The number of β-lactam (4-membered cyclic amide) rings is 1. The fourth-order valence-corrected chi connectivity index (χ4v) is 4.45. The third-order valence-electron chi connectivity index (χ3n) is 4.13. The van der Waals surface area contributed by atoms with Gasteiger partial charge in [-0.25, -0.2) is 9.78 Å². The maximum atomic E-state index is 12.7. The number of amides is 2. The molecule has 1 aromatic rings. The number of thiazole rings is 1. The average molecular weight is 438 g/mol. The summed E-state index contributed by atoms with van der Waals surface area (Å²) in [5.41, 5.74) is 5.92. The fraction of sp³-hybridized carbons (Fsp3) is 0.353. The third kappa shape index (κ3) is 4.12. The number of oxime groups is 1. The molecule has 2 aliphatic rings. The smallest absolute Gasteiger partial charge is 0.355 e. The van der Waals surface area contributed by atoms with Gasteiger partial charge in [-0.05, 0) is 13.0 Å². The summed E-state index contributed by atoms with van der Waals surface area (Å²) in [7, 11) is 1.29. The first-order valence-electron chi connectivity index (χ1n) is 8.49. The number of esters is 1. The molecule has 3 heterocycles. The van der Waals surface area contributed by atoms with Crippen molar-refractivity contribution in [1.29, 1.82) is 0 Å². The normalized spacial score (nSPS) is 22.0. The predicted octanol–water partition coefficient (Wildman–Crippen LogP) is 0.477. The summed E-state index contributed by atoms with van der Waals surface area (Å²) in [5.74, 6) is -1.16. The standard InChI is InChI=1S/C17H19N5O5S2/c1-4-8(2)27-16(25)10-5-6-28-15-12(14(24)22(10)15)20-13(23)11(21-26-3)9-7-29-17(18)19-9/h4-5,7-8,12,15H,1,6H2,2-3H3,(H2,18,19)(H,20,23)/t8?,12?,15-/m0/s1. The van der Waals surface area contributed by atoms with Crippen LogP contribution in [0.5, 0.6) is 0 Å². The fourth-order valence-electron chi connectivity index (χ4n) is 2.71. The topological polar surface area (TPSA) is 136 Å². The van der Waals surface area contributed by atoms with Crippen molar-refractivity contribution in [2.24, 2.45) is 5.16 Å². The summed E-state index contributed by atoms with van der Waals surface area (Å²) in [6.07, 6.45) is 2.63. The van der Waals surface area contributed by atoms with E-state index in [-0.39, 0.29) is 22.2 Å². The minimum absolute atomic E-state index is 0.0949. The van der Waals surface area contributed by atoms with E-state index >= 15 is 0 Å². The number of nitrogens with zero attached hydrogens (tertiary/aromatic N) is 3. The Balaban J connectivity index is 1.71. The van der Waals surface area contributed by atoms with Gasteiger partial charge in [-0.3, -0.25) is 14.5 Å². The van der Waals surface area contributed by atoms with E-state index in [0.717, 1.165) is 11.3 Å². The minimum Gasteiger partial charge on any atom is -0.454 e. The van der Waals surface area contributed by atoms with E-state index in [1.165, 1.54) is 29.8 Å². The van der Waals surface area contributed by atoms with Crippen LogP contribution >= 0.6 is 23.1 Å². The molecule has 12 heteroatoms. The molecule has 2 aliphatic heterocycles. The molecule has 29 heavy (non-hydrogen) atoms. The van der Waals surface area contributed by atoms with E-state index in [1.807, 2.05) is 0 Å². The molecule has 3 N–H and O–H groups in total. The van der Waals surface area contributed by atoms with Crippen LogP contribution in [-0.4, -0.2) is 63.8 Å². The van der Waals surface area contributed by atoms with Crippen LogP contribution in [0.15, 0.2) is 35.0 Å². The van der Waals surface area contributed by atoms with Crippen molar-refractivity contribution in [2.75, 3.05) is 18.6 Å². The highest BCUT2D eigenvalue weighted by Gasteiger charge is 2.53. The lowest BCUT2D eigenvalue weighted by Gasteiger charge is -2.48. The number of hydrogen-bond donors (Lipinski definition) is 2. The summed E-state index contributed by atoms with van der Waals surface area (Å²) < 4.78 is 5.22. The summed E-state index contributed by atoms with van der Waals surface area (Å²) in [6, 6.07) is -0.820. The molecule has 2 amide bonds. The first-order valence-corrected chi connectivity index (χ1v) is 10.4. The van der Waals surface area contributed by atoms with Crippen molar-refractivity contribution in [3.63, 3.8) is 0 Å². The molecule has 154 valence electrons. The summed E-state index contributed by atoms with van der Waals surface area (Å²) in [6.45, 7) is 5.23. The highest BCUT2D eigenvalue weighted by molar-refractivity contribution is 8.00. The lowest BCUT2D eigenvalue weighted by atomic mass is 10.0. The molecule has 0 spiro atoms. The van der Waals surface area contributed by atoms with Crippen molar-refractivity contribution in [3.05, 3.63) is 35.5 Å². The first kappa shape index (κ1) is 20.9. The number of ether oxygens (including phenoxy) is 1. The number of rotatable bonds is 7. The molecule has 1 saturated heterocycles. The molecule has 1 aromatic heterocycles. The lowest BCUT2D eigenvalue weighted by molar-refractivity contribution is -0.153. The Morgan fingerprint density at radius 2 is 2.31 bits per heavy atom. The van der Waals surface area contributed by atoms with Gasteiger partial charge in [0.2, 0.25) is 0 Å². The van der Waals surface area contributed by atoms with Gasteiger partial charge in [0.1, 0.15) is 36.0 Å². The van der Waals surface area contributed by atoms with E-state index < -0.39 is 35.3 Å². The lowest BCUT2D eigenvalue weighted by Crippen LogP contribution is -2.70. The molecule has 0 radical (unpaired) electrons. The molecule has 3 atom stereocenters. The van der Waals surface area contributed by atoms with Crippen molar-refractivity contribution in [3.8, 4) is 0 Å². The molecular weight excluding hydrogens is 418 g/mol. The van der Waals surface area contributed by atoms with Gasteiger partial charge >= 0.3 is 5.97 Å². The van der Waals surface area contributed by atoms with Crippen LogP contribution in [0, 0.1) is 0 Å². The Bertz CT molecular complexity index is 912. The van der Waals surface area contributed by atoms with E-state index in [1.54, 1.807) is 18.4 Å². The highest BCUT2D eigenvalue weighted by Crippen LogP contribution is 2.38. The molecule has 0 bridgehead atoms. The zero-order chi connectivity index (χ0) is 21.1. The highest BCUT2D eigenvalue weighted by atomic mass is 32.2. The number of carbonyl (C=O) groups excluding carboxylic acids is 3. The summed E-state index contributed by atoms with van der Waals surface area (Å²) in [5, 5.41) is 7.74. The van der Waals surface area contributed by atoms with Crippen molar-refractivity contribution in [1.82, 2.24) is 15.2 Å². The van der Waals surface area contributed by atoms with Crippen LogP contribution in [0.1, 0.15) is 12.6 Å². The van der Waals surface area contributed by atoms with Gasteiger partial charge in [0.25, 0.3) is 11.8 Å². The second-order valence-electron chi connectivity index (χ2n) is 6.01. The minimum atomic E-state index is -0.820. The number of nitrogens with two attached hydrogens (primary N) is 1. The number of fused-ring (bicyclic) bond motifs is 1. The van der Waals surface area contributed by atoms with Crippen molar-refractivity contribution in [2.45, 2.75) is 24.4 Å². The number of carbonyl (C=O) groups is 3. The third-order valence-corrected chi connectivity index (χ3v) is 5.99.